The summed E-state index contributed by atoms with van der Waals surface area (Å²) in [6.45, 7) is 1.83. The molecule has 2 nitrogen and oxygen atoms in total. The molecule has 94 valence electrons. The number of hydrogen-bond acceptors (Lipinski definition) is 2. The molecule has 3 heteroatoms. The fourth-order valence-corrected chi connectivity index (χ4v) is 2.41. The van der Waals surface area contributed by atoms with E-state index >= 15 is 0 Å². The topological polar surface area (TPSA) is 15.3 Å². The minimum atomic E-state index is -0.169. The molecule has 0 saturated heterocycles. The monoisotopic (exact) mass is 236 g/mol. The summed E-state index contributed by atoms with van der Waals surface area (Å²) < 4.78 is 12.7. The molecule has 0 radical (unpaired) electrons. The van der Waals surface area contributed by atoms with Gasteiger partial charge in [0.2, 0.25) is 0 Å². The van der Waals surface area contributed by atoms with E-state index < -0.39 is 0 Å². The first-order valence-corrected chi connectivity index (χ1v) is 6.25. The summed E-state index contributed by atoms with van der Waals surface area (Å²) in [6, 6.07) is 6.71. The molecule has 0 aliphatic heterocycles. The lowest BCUT2D eigenvalue weighted by molar-refractivity contribution is 0.0598. The van der Waals surface area contributed by atoms with Crippen molar-refractivity contribution in [1.82, 2.24) is 10.2 Å². The van der Waals surface area contributed by atoms with E-state index in [9.17, 15) is 4.39 Å². The third-order valence-corrected chi connectivity index (χ3v) is 3.93. The normalized spacial score (nSPS) is 18.1. The first kappa shape index (κ1) is 12.5. The minimum absolute atomic E-state index is 0.169. The van der Waals surface area contributed by atoms with Gasteiger partial charge in [0.1, 0.15) is 5.82 Å². The van der Waals surface area contributed by atoms with Crippen LogP contribution in [0.1, 0.15) is 24.8 Å². The second-order valence-corrected chi connectivity index (χ2v) is 5.20. The van der Waals surface area contributed by atoms with Gasteiger partial charge in [0.15, 0.2) is 0 Å². The van der Waals surface area contributed by atoms with Gasteiger partial charge >= 0.3 is 0 Å². The predicted octanol–water partition coefficient (Wildman–Crippen LogP) is 2.40. The van der Waals surface area contributed by atoms with Crippen molar-refractivity contribution in [2.24, 2.45) is 0 Å². The number of nitrogens with zero attached hydrogens (tertiary/aromatic N) is 1. The number of halogens is 1. The Bertz CT molecular complexity index is 355. The molecule has 0 heterocycles. The van der Waals surface area contributed by atoms with Gasteiger partial charge in [0, 0.05) is 18.6 Å². The largest absolute Gasteiger partial charge is 0.311 e. The van der Waals surface area contributed by atoms with Gasteiger partial charge in [0.25, 0.3) is 0 Å². The zero-order chi connectivity index (χ0) is 12.3. The Morgan fingerprint density at radius 1 is 1.24 bits per heavy atom. The van der Waals surface area contributed by atoms with Gasteiger partial charge in [-0.15, -0.1) is 0 Å². The third-order valence-electron chi connectivity index (χ3n) is 3.93. The SMILES string of the molecule is CN(C)C1(CNCc2ccc(F)cc2)CCC1. The molecule has 1 saturated carbocycles. The lowest BCUT2D eigenvalue weighted by Crippen LogP contribution is -2.56. The highest BCUT2D eigenvalue weighted by Crippen LogP contribution is 2.35. The van der Waals surface area contributed by atoms with Crippen molar-refractivity contribution in [2.45, 2.75) is 31.3 Å². The Hall–Kier alpha value is -0.930. The third kappa shape index (κ3) is 2.85. The lowest BCUT2D eigenvalue weighted by Gasteiger charge is -2.47. The first-order chi connectivity index (χ1) is 8.12. The summed E-state index contributed by atoms with van der Waals surface area (Å²) in [4.78, 5) is 2.33. The van der Waals surface area contributed by atoms with Crippen LogP contribution in [-0.4, -0.2) is 31.1 Å². The highest BCUT2D eigenvalue weighted by Gasteiger charge is 2.38. The minimum Gasteiger partial charge on any atom is -0.311 e. The fourth-order valence-electron chi connectivity index (χ4n) is 2.41. The Balaban J connectivity index is 1.81. The summed E-state index contributed by atoms with van der Waals surface area (Å²) >= 11 is 0. The first-order valence-electron chi connectivity index (χ1n) is 6.25. The van der Waals surface area contributed by atoms with E-state index in [1.807, 2.05) is 12.1 Å². The van der Waals surface area contributed by atoms with Gasteiger partial charge in [0.05, 0.1) is 0 Å². The van der Waals surface area contributed by atoms with Crippen LogP contribution in [0, 0.1) is 5.82 Å². The molecule has 1 N–H and O–H groups in total. The van der Waals surface area contributed by atoms with Crippen LogP contribution >= 0.6 is 0 Å². The average Bonchev–Trinajstić information content (AvgIpc) is 2.24. The van der Waals surface area contributed by atoms with Crippen LogP contribution in [0.25, 0.3) is 0 Å². The number of nitrogens with one attached hydrogen (secondary N) is 1. The highest BCUT2D eigenvalue weighted by atomic mass is 19.1. The van der Waals surface area contributed by atoms with E-state index in [4.69, 9.17) is 0 Å². The summed E-state index contributed by atoms with van der Waals surface area (Å²) in [5.74, 6) is -0.169. The Kier molecular flexibility index (Phi) is 3.79. The van der Waals surface area contributed by atoms with Crippen molar-refractivity contribution in [3.05, 3.63) is 35.6 Å². The van der Waals surface area contributed by atoms with Crippen LogP contribution in [0.15, 0.2) is 24.3 Å². The fraction of sp³-hybridized carbons (Fsp3) is 0.571. The van der Waals surface area contributed by atoms with E-state index in [1.54, 1.807) is 0 Å². The molecule has 1 aliphatic carbocycles. The van der Waals surface area contributed by atoms with E-state index in [0.717, 1.165) is 18.7 Å². The van der Waals surface area contributed by atoms with E-state index in [2.05, 4.69) is 24.3 Å². The maximum absolute atomic E-state index is 12.7. The van der Waals surface area contributed by atoms with Crippen LogP contribution in [0.3, 0.4) is 0 Å². The average molecular weight is 236 g/mol. The van der Waals surface area contributed by atoms with Gasteiger partial charge < -0.3 is 10.2 Å². The molecular weight excluding hydrogens is 215 g/mol. The van der Waals surface area contributed by atoms with Gasteiger partial charge in [-0.1, -0.05) is 12.1 Å². The molecule has 1 aromatic carbocycles. The van der Waals surface area contributed by atoms with Crippen molar-refractivity contribution >= 4 is 0 Å². The number of likely N-dealkylation sites (N-methyl/N-ethyl adjacent to an activating group) is 1. The molecule has 17 heavy (non-hydrogen) atoms. The number of hydrogen-bond donors (Lipinski definition) is 1. The number of benzene rings is 1. The van der Waals surface area contributed by atoms with Gasteiger partial charge in [-0.05, 0) is 51.1 Å². The molecule has 0 spiro atoms. The summed E-state index contributed by atoms with van der Waals surface area (Å²) in [7, 11) is 4.30. The maximum atomic E-state index is 12.7. The molecule has 1 fully saturated rings. The lowest BCUT2D eigenvalue weighted by atomic mass is 9.75. The zero-order valence-corrected chi connectivity index (χ0v) is 10.7. The van der Waals surface area contributed by atoms with E-state index in [-0.39, 0.29) is 5.82 Å². The van der Waals surface area contributed by atoms with Crippen LogP contribution < -0.4 is 5.32 Å². The van der Waals surface area contributed by atoms with Crippen LogP contribution in [0.5, 0.6) is 0 Å². The quantitative estimate of drug-likeness (QED) is 0.844. The van der Waals surface area contributed by atoms with Crippen molar-refractivity contribution in [3.63, 3.8) is 0 Å². The zero-order valence-electron chi connectivity index (χ0n) is 10.7. The molecule has 0 bridgehead atoms. The van der Waals surface area contributed by atoms with Gasteiger partial charge in [-0.3, -0.25) is 0 Å². The van der Waals surface area contributed by atoms with Crippen molar-refractivity contribution in [1.29, 1.82) is 0 Å². The molecule has 1 aromatic rings. The van der Waals surface area contributed by atoms with Crippen molar-refractivity contribution in [3.8, 4) is 0 Å². The summed E-state index contributed by atoms with van der Waals surface area (Å²) in [5, 5.41) is 3.48. The van der Waals surface area contributed by atoms with Gasteiger partial charge in [-0.25, -0.2) is 4.39 Å². The van der Waals surface area contributed by atoms with Crippen LogP contribution in [0.2, 0.25) is 0 Å². The predicted molar refractivity (Wildman–Crippen MR) is 68.4 cm³/mol. The van der Waals surface area contributed by atoms with E-state index in [1.165, 1.54) is 31.4 Å². The van der Waals surface area contributed by atoms with Crippen molar-refractivity contribution in [2.75, 3.05) is 20.6 Å². The maximum Gasteiger partial charge on any atom is 0.123 e. The second-order valence-electron chi connectivity index (χ2n) is 5.20. The second kappa shape index (κ2) is 5.15. The standard InChI is InChI=1S/C14H21FN2/c1-17(2)14(8-3-9-14)11-16-10-12-4-6-13(15)7-5-12/h4-7,16H,3,8-11H2,1-2H3. The molecule has 0 aromatic heterocycles. The van der Waals surface area contributed by atoms with Crippen LogP contribution in [-0.2, 0) is 6.54 Å². The van der Waals surface area contributed by atoms with E-state index in [0.29, 0.717) is 5.54 Å². The highest BCUT2D eigenvalue weighted by molar-refractivity contribution is 5.15. The summed E-state index contributed by atoms with van der Waals surface area (Å²) in [5.41, 5.74) is 1.49. The molecule has 1 aliphatic rings. The summed E-state index contributed by atoms with van der Waals surface area (Å²) in [6.07, 6.45) is 3.88. The molecular formula is C14H21FN2. The molecule has 0 unspecified atom stereocenters. The Morgan fingerprint density at radius 2 is 1.88 bits per heavy atom. The molecule has 0 atom stereocenters. The molecule has 0 amide bonds. The van der Waals surface area contributed by atoms with Gasteiger partial charge in [-0.2, -0.15) is 0 Å². The Morgan fingerprint density at radius 3 is 2.35 bits per heavy atom. The van der Waals surface area contributed by atoms with Crippen LogP contribution in [0.4, 0.5) is 4.39 Å². The molecule has 2 rings (SSSR count). The smallest absolute Gasteiger partial charge is 0.123 e. The number of rotatable bonds is 5. The van der Waals surface area contributed by atoms with Crippen molar-refractivity contribution < 1.29 is 4.39 Å². The Labute approximate surface area is 103 Å².